The first-order valence-corrected chi connectivity index (χ1v) is 19.2. The van der Waals surface area contributed by atoms with E-state index >= 15 is 0 Å². The Balaban J connectivity index is 1.14. The van der Waals surface area contributed by atoms with Crippen LogP contribution in [0.3, 0.4) is 0 Å². The van der Waals surface area contributed by atoms with E-state index in [9.17, 15) is 33.2 Å². The lowest BCUT2D eigenvalue weighted by Gasteiger charge is -2.47. The number of ether oxygens (including phenoxy) is 7. The second-order valence-electron chi connectivity index (χ2n) is 14.5. The minimum absolute atomic E-state index is 0.00126. The van der Waals surface area contributed by atoms with Gasteiger partial charge >= 0.3 is 35.8 Å². The molecule has 0 spiro atoms. The number of hydrogen-bond acceptors (Lipinski definition) is 18. The molecule has 0 amide bonds. The van der Waals surface area contributed by atoms with E-state index in [1.165, 1.54) is 13.2 Å². The van der Waals surface area contributed by atoms with Crippen molar-refractivity contribution < 1.29 is 66.3 Å². The maximum atomic E-state index is 14.2. The molecule has 0 N–H and O–H groups in total. The number of hydrogen-bond donors (Lipinski definition) is 0. The third-order valence-corrected chi connectivity index (χ3v) is 10.9. The summed E-state index contributed by atoms with van der Waals surface area (Å²) in [6.07, 6.45) is -1.83. The molecule has 2 saturated heterocycles. The zero-order valence-corrected chi connectivity index (χ0v) is 31.7. The SMILES string of the molecule is COc1c2c(c3nc4c(c5c3c1OC(=O)CCC(=O)O5)OC(=O)CCC(=O)O4)N1CCN(C3CCN(c4cccc5ccc(F)nc45)CC3)CC1OC(=O)CCC(=O)O2. The van der Waals surface area contributed by atoms with Crippen LogP contribution in [0.2, 0.25) is 0 Å². The number of nitrogens with zero attached hydrogens (tertiary/aromatic N) is 5. The number of piperazine rings is 1. The van der Waals surface area contributed by atoms with E-state index in [0.717, 1.165) is 23.9 Å². The lowest BCUT2D eigenvalue weighted by Crippen LogP contribution is -2.59. The summed E-state index contributed by atoms with van der Waals surface area (Å²) >= 11 is 0. The van der Waals surface area contributed by atoms with Gasteiger partial charge in [-0.2, -0.15) is 4.39 Å². The van der Waals surface area contributed by atoms with Gasteiger partial charge in [-0.3, -0.25) is 33.7 Å². The molecule has 0 radical (unpaired) electrons. The highest BCUT2D eigenvalue weighted by atomic mass is 19.1. The lowest BCUT2D eigenvalue weighted by atomic mass is 10.00. The van der Waals surface area contributed by atoms with Crippen molar-refractivity contribution in [3.63, 3.8) is 0 Å². The number of anilines is 2. The van der Waals surface area contributed by atoms with Gasteiger partial charge in [0.25, 0.3) is 5.88 Å². The molecule has 19 heteroatoms. The van der Waals surface area contributed by atoms with Gasteiger partial charge in [0.1, 0.15) is 11.2 Å². The maximum absolute atomic E-state index is 14.2. The number of carbonyl (C=O) groups excluding carboxylic acids is 6. The molecule has 7 heterocycles. The first-order chi connectivity index (χ1) is 28.5. The normalized spacial score (nSPS) is 20.8. The standard InChI is InChI=1S/C40H36FN5O13/c1-53-38-35-31-33(43-40-39(58-29(51)11-12-30(52)59-40)36(31)56-27(49)10-9-26(48)55-35)34-37(38)57-28(50)8-7-25(47)54-24-19-45(17-18-46(24)34)21-13-15-44(16-14-21)22-4-2-3-20-5-6-23(41)42-32(20)22/h2-6,21,24H,7-19H2,1H3. The van der Waals surface area contributed by atoms with E-state index in [-0.39, 0.29) is 78.7 Å². The van der Waals surface area contributed by atoms with Crippen molar-refractivity contribution in [1.82, 2.24) is 14.9 Å². The number of rotatable bonds is 3. The van der Waals surface area contributed by atoms with Crippen LogP contribution in [0.5, 0.6) is 34.6 Å². The topological polar surface area (TPSA) is 203 Å². The number of piperidine rings is 1. The number of fused-ring (bicyclic) bond motifs is 7. The first-order valence-electron chi connectivity index (χ1n) is 19.2. The summed E-state index contributed by atoms with van der Waals surface area (Å²) in [5, 5.41) is 0.627. The van der Waals surface area contributed by atoms with E-state index in [1.807, 2.05) is 18.2 Å². The van der Waals surface area contributed by atoms with E-state index in [2.05, 4.69) is 19.8 Å². The fourth-order valence-corrected chi connectivity index (χ4v) is 8.18. The molecule has 306 valence electrons. The first kappa shape index (κ1) is 37.9. The molecular formula is C40H36FN5O13. The average molecular weight is 814 g/mol. The molecule has 2 aromatic carbocycles. The monoisotopic (exact) mass is 813 g/mol. The van der Waals surface area contributed by atoms with Crippen molar-refractivity contribution in [2.75, 3.05) is 49.6 Å². The van der Waals surface area contributed by atoms with Gasteiger partial charge in [-0.05, 0) is 31.0 Å². The molecule has 0 aliphatic carbocycles. The smallest absolute Gasteiger partial charge is 0.313 e. The van der Waals surface area contributed by atoms with Crippen LogP contribution in [-0.4, -0.2) is 103 Å². The molecule has 2 aromatic heterocycles. The molecule has 0 saturated carbocycles. The molecule has 5 aliphatic rings. The fourth-order valence-electron chi connectivity index (χ4n) is 8.18. The Morgan fingerprint density at radius 3 is 1.98 bits per heavy atom. The predicted octanol–water partition coefficient (Wildman–Crippen LogP) is 3.50. The number of aromatic nitrogens is 2. The van der Waals surface area contributed by atoms with Crippen molar-refractivity contribution in [1.29, 1.82) is 0 Å². The Hall–Kier alpha value is -6.63. The maximum Gasteiger partial charge on any atom is 0.313 e. The minimum atomic E-state index is -1.03. The van der Waals surface area contributed by atoms with E-state index < -0.39 is 78.2 Å². The number of halogens is 1. The van der Waals surface area contributed by atoms with E-state index in [0.29, 0.717) is 25.2 Å². The molecular weight excluding hydrogens is 777 g/mol. The van der Waals surface area contributed by atoms with Crippen molar-refractivity contribution >= 4 is 69.0 Å². The molecule has 18 nitrogen and oxygen atoms in total. The van der Waals surface area contributed by atoms with Crippen molar-refractivity contribution in [2.45, 2.75) is 63.6 Å². The summed E-state index contributed by atoms with van der Waals surface area (Å²) in [6, 6.07) is 8.83. The number of methoxy groups -OCH3 is 1. The van der Waals surface area contributed by atoms with Crippen LogP contribution in [0.1, 0.15) is 51.4 Å². The predicted molar refractivity (Wildman–Crippen MR) is 200 cm³/mol. The Bertz CT molecular complexity index is 2470. The number of para-hydroxylation sites is 1. The van der Waals surface area contributed by atoms with E-state index in [4.69, 9.17) is 33.2 Å². The Labute approximate surface area is 333 Å². The summed E-state index contributed by atoms with van der Waals surface area (Å²) in [5.74, 6) is -7.98. The Kier molecular flexibility index (Phi) is 9.82. The van der Waals surface area contributed by atoms with Crippen LogP contribution in [0.15, 0.2) is 30.3 Å². The molecule has 9 rings (SSSR count). The summed E-state index contributed by atoms with van der Waals surface area (Å²) in [7, 11) is 1.24. The Morgan fingerprint density at radius 2 is 1.29 bits per heavy atom. The molecule has 0 bridgehead atoms. The minimum Gasteiger partial charge on any atom is -0.490 e. The molecule has 59 heavy (non-hydrogen) atoms. The Morgan fingerprint density at radius 1 is 0.661 bits per heavy atom. The zero-order chi connectivity index (χ0) is 40.9. The van der Waals surface area contributed by atoms with Crippen molar-refractivity contribution in [3.8, 4) is 34.6 Å². The summed E-state index contributed by atoms with van der Waals surface area (Å²) in [6.45, 7) is 2.04. The van der Waals surface area contributed by atoms with Gasteiger partial charge in [-0.1, -0.05) is 12.1 Å². The van der Waals surface area contributed by atoms with Crippen LogP contribution in [0.25, 0.3) is 21.8 Å². The quantitative estimate of drug-likeness (QED) is 0.165. The number of benzene rings is 2. The molecule has 5 aliphatic heterocycles. The summed E-state index contributed by atoms with van der Waals surface area (Å²) in [4.78, 5) is 93.5. The number of esters is 6. The molecule has 1 unspecified atom stereocenters. The highest BCUT2D eigenvalue weighted by molar-refractivity contribution is 6.10. The fraction of sp³-hybridized carbons (Fsp3) is 0.400. The van der Waals surface area contributed by atoms with Gasteiger partial charge in [0, 0.05) is 37.6 Å². The van der Waals surface area contributed by atoms with Crippen molar-refractivity contribution in [2.24, 2.45) is 0 Å². The van der Waals surface area contributed by atoms with Gasteiger partial charge in [0.15, 0.2) is 17.7 Å². The van der Waals surface area contributed by atoms with Crippen LogP contribution in [0, 0.1) is 5.95 Å². The van der Waals surface area contributed by atoms with Crippen LogP contribution in [-0.2, 0) is 33.5 Å². The third-order valence-electron chi connectivity index (χ3n) is 10.9. The summed E-state index contributed by atoms with van der Waals surface area (Å²) < 4.78 is 54.7. The second-order valence-corrected chi connectivity index (χ2v) is 14.5. The number of carbonyl (C=O) groups is 6. The highest BCUT2D eigenvalue weighted by Crippen LogP contribution is 2.58. The van der Waals surface area contributed by atoms with Crippen molar-refractivity contribution in [3.05, 3.63) is 36.3 Å². The highest BCUT2D eigenvalue weighted by Gasteiger charge is 2.43. The third kappa shape index (κ3) is 7.15. The molecule has 4 aromatic rings. The lowest BCUT2D eigenvalue weighted by molar-refractivity contribution is -0.154. The van der Waals surface area contributed by atoms with Crippen LogP contribution in [0.4, 0.5) is 15.8 Å². The van der Waals surface area contributed by atoms with Gasteiger partial charge in [-0.25, -0.2) is 9.97 Å². The number of pyridine rings is 2. The molecule has 2 fully saturated rings. The van der Waals surface area contributed by atoms with Gasteiger partial charge in [0.2, 0.25) is 23.2 Å². The van der Waals surface area contributed by atoms with Gasteiger partial charge < -0.3 is 43.0 Å². The van der Waals surface area contributed by atoms with Crippen LogP contribution < -0.4 is 38.2 Å². The summed E-state index contributed by atoms with van der Waals surface area (Å²) in [5.41, 5.74) is 1.25. The van der Waals surface area contributed by atoms with Gasteiger partial charge in [0.05, 0.1) is 68.8 Å². The van der Waals surface area contributed by atoms with Gasteiger partial charge in [-0.15, -0.1) is 0 Å². The second kappa shape index (κ2) is 15.3. The van der Waals surface area contributed by atoms with Crippen LogP contribution >= 0.6 is 0 Å². The van der Waals surface area contributed by atoms with E-state index in [1.54, 1.807) is 11.0 Å². The largest absolute Gasteiger partial charge is 0.490 e. The molecule has 1 atom stereocenters. The average Bonchev–Trinajstić information content (AvgIpc) is 3.28. The zero-order valence-electron chi connectivity index (χ0n) is 31.7.